The molecule has 1 N–H and O–H groups in total. The summed E-state index contributed by atoms with van der Waals surface area (Å²) in [5.74, 6) is 1.73. The second kappa shape index (κ2) is 7.26. The lowest BCUT2D eigenvalue weighted by Crippen LogP contribution is -2.44. The molecule has 0 bridgehead atoms. The molecule has 0 radical (unpaired) electrons. The van der Waals surface area contributed by atoms with Gasteiger partial charge in [0.2, 0.25) is 0 Å². The molecule has 1 aromatic carbocycles. The minimum absolute atomic E-state index is 0.142. The van der Waals surface area contributed by atoms with Gasteiger partial charge in [0, 0.05) is 30.6 Å². The summed E-state index contributed by atoms with van der Waals surface area (Å²) in [6.07, 6.45) is 0. The fourth-order valence-corrected chi connectivity index (χ4v) is 3.88. The Labute approximate surface area is 157 Å². The van der Waals surface area contributed by atoms with Crippen LogP contribution in [0.2, 0.25) is 0 Å². The highest BCUT2D eigenvalue weighted by Gasteiger charge is 2.26. The number of nitrogens with one attached hydrogen (secondary N) is 1. The largest absolute Gasteiger partial charge is 0.332 e. The van der Waals surface area contributed by atoms with Gasteiger partial charge in [-0.15, -0.1) is 11.3 Å². The molecule has 1 fully saturated rings. The van der Waals surface area contributed by atoms with E-state index in [0.717, 1.165) is 35.9 Å². The summed E-state index contributed by atoms with van der Waals surface area (Å²) in [6.45, 7) is 7.19. The molecule has 26 heavy (non-hydrogen) atoms. The monoisotopic (exact) mass is 369 g/mol. The van der Waals surface area contributed by atoms with Crippen LogP contribution in [-0.4, -0.2) is 46.7 Å². The van der Waals surface area contributed by atoms with Crippen LogP contribution in [-0.2, 0) is 0 Å². The van der Waals surface area contributed by atoms with Crippen molar-refractivity contribution in [3.8, 4) is 22.2 Å². The van der Waals surface area contributed by atoms with E-state index in [4.69, 9.17) is 9.51 Å². The van der Waals surface area contributed by atoms with Gasteiger partial charge in [0.25, 0.3) is 5.89 Å². The normalized spacial score (nSPS) is 18.5. The Morgan fingerprint density at radius 2 is 2.04 bits per heavy atom. The predicted molar refractivity (Wildman–Crippen MR) is 103 cm³/mol. The Hall–Kier alpha value is -2.09. The molecular weight excluding hydrogens is 346 g/mol. The van der Waals surface area contributed by atoms with Crippen LogP contribution in [0.15, 0.2) is 34.2 Å². The fourth-order valence-electron chi connectivity index (χ4n) is 3.08. The lowest BCUT2D eigenvalue weighted by molar-refractivity contribution is 0.190. The molecule has 3 aromatic rings. The summed E-state index contributed by atoms with van der Waals surface area (Å²) < 4.78 is 5.48. The molecule has 0 spiro atoms. The van der Waals surface area contributed by atoms with Crippen LogP contribution in [0.1, 0.15) is 37.2 Å². The van der Waals surface area contributed by atoms with Crippen LogP contribution in [0.25, 0.3) is 22.2 Å². The van der Waals surface area contributed by atoms with Crippen molar-refractivity contribution < 1.29 is 4.52 Å². The third kappa shape index (κ3) is 3.42. The number of likely N-dealkylation sites (N-methyl/N-ethyl adjacent to an activating group) is 1. The predicted octanol–water partition coefficient (Wildman–Crippen LogP) is 3.56. The molecule has 1 unspecified atom stereocenters. The molecule has 1 aliphatic heterocycles. The van der Waals surface area contributed by atoms with E-state index in [1.54, 1.807) is 11.3 Å². The Morgan fingerprint density at radius 1 is 1.23 bits per heavy atom. The molecule has 6 nitrogen and oxygen atoms in total. The van der Waals surface area contributed by atoms with E-state index in [0.29, 0.717) is 17.6 Å². The van der Waals surface area contributed by atoms with Gasteiger partial charge in [-0.05, 0) is 18.5 Å². The maximum absolute atomic E-state index is 5.48. The first-order chi connectivity index (χ1) is 12.6. The zero-order valence-electron chi connectivity index (χ0n) is 15.3. The van der Waals surface area contributed by atoms with Crippen LogP contribution in [0.4, 0.5) is 0 Å². The number of thiazole rings is 1. The molecule has 2 aromatic heterocycles. The summed E-state index contributed by atoms with van der Waals surface area (Å²) in [6, 6.07) is 8.72. The average molecular weight is 369 g/mol. The first-order valence-electron chi connectivity index (χ1n) is 8.92. The van der Waals surface area contributed by atoms with Gasteiger partial charge in [0.05, 0.1) is 6.04 Å². The third-order valence-corrected chi connectivity index (χ3v) is 5.69. The molecule has 136 valence electrons. The average Bonchev–Trinajstić information content (AvgIpc) is 3.32. The van der Waals surface area contributed by atoms with Crippen LogP contribution >= 0.6 is 11.3 Å². The van der Waals surface area contributed by atoms with E-state index in [1.165, 1.54) is 5.56 Å². The van der Waals surface area contributed by atoms with Gasteiger partial charge in [0.15, 0.2) is 5.82 Å². The van der Waals surface area contributed by atoms with E-state index in [1.807, 2.05) is 5.38 Å². The van der Waals surface area contributed by atoms with Crippen molar-refractivity contribution in [2.45, 2.75) is 25.8 Å². The smallest absolute Gasteiger partial charge is 0.277 e. The maximum atomic E-state index is 5.48. The molecular formula is C19H23N5OS. The molecule has 0 amide bonds. The number of aromatic nitrogens is 3. The highest BCUT2D eigenvalue weighted by Crippen LogP contribution is 2.30. The van der Waals surface area contributed by atoms with Gasteiger partial charge >= 0.3 is 0 Å². The van der Waals surface area contributed by atoms with Crippen LogP contribution in [0.3, 0.4) is 0 Å². The number of benzene rings is 1. The van der Waals surface area contributed by atoms with Crippen molar-refractivity contribution in [3.63, 3.8) is 0 Å². The summed E-state index contributed by atoms with van der Waals surface area (Å²) >= 11 is 1.60. The topological polar surface area (TPSA) is 67.1 Å². The number of rotatable bonds is 4. The highest BCUT2D eigenvalue weighted by molar-refractivity contribution is 7.13. The van der Waals surface area contributed by atoms with Gasteiger partial charge in [0.1, 0.15) is 10.7 Å². The molecule has 4 rings (SSSR count). The van der Waals surface area contributed by atoms with E-state index in [2.05, 4.69) is 65.5 Å². The number of hydrogen-bond acceptors (Lipinski definition) is 7. The highest BCUT2D eigenvalue weighted by atomic mass is 32.1. The van der Waals surface area contributed by atoms with Gasteiger partial charge < -0.3 is 9.84 Å². The Morgan fingerprint density at radius 3 is 2.77 bits per heavy atom. The van der Waals surface area contributed by atoms with Gasteiger partial charge in [-0.25, -0.2) is 4.98 Å². The van der Waals surface area contributed by atoms with Crippen molar-refractivity contribution >= 4 is 11.3 Å². The van der Waals surface area contributed by atoms with Crippen LogP contribution in [0.5, 0.6) is 0 Å². The van der Waals surface area contributed by atoms with E-state index < -0.39 is 0 Å². The minimum Gasteiger partial charge on any atom is -0.332 e. The lowest BCUT2D eigenvalue weighted by Gasteiger charge is -2.30. The molecule has 1 atom stereocenters. The van der Waals surface area contributed by atoms with Crippen molar-refractivity contribution in [2.24, 2.45) is 0 Å². The SMILES string of the molecule is CC(C)c1ccc(-c2nc(-c3nc(C4CNCCN4C)no3)cs2)cc1. The standard InChI is InChI=1S/C19H23N5OS/c1-12(2)13-4-6-14(7-5-13)19-21-15(11-26-19)18-22-17(23-25-18)16-10-20-8-9-24(16)3/h4-7,11-12,16,20H,8-10H2,1-3H3. The fraction of sp³-hybridized carbons (Fsp3) is 0.421. The first-order valence-corrected chi connectivity index (χ1v) is 9.80. The quantitative estimate of drug-likeness (QED) is 0.758. The summed E-state index contributed by atoms with van der Waals surface area (Å²) in [5, 5.41) is 10.5. The van der Waals surface area contributed by atoms with E-state index in [9.17, 15) is 0 Å². The minimum atomic E-state index is 0.142. The molecule has 7 heteroatoms. The lowest BCUT2D eigenvalue weighted by atomic mass is 10.0. The van der Waals surface area contributed by atoms with E-state index in [-0.39, 0.29) is 6.04 Å². The van der Waals surface area contributed by atoms with E-state index >= 15 is 0 Å². The van der Waals surface area contributed by atoms with Crippen molar-refractivity contribution in [2.75, 3.05) is 26.7 Å². The molecule has 0 aliphatic carbocycles. The second-order valence-electron chi connectivity index (χ2n) is 6.97. The van der Waals surface area contributed by atoms with Gasteiger partial charge in [-0.2, -0.15) is 4.98 Å². The summed E-state index contributed by atoms with van der Waals surface area (Å²) in [7, 11) is 2.09. The number of hydrogen-bond donors (Lipinski definition) is 1. The summed E-state index contributed by atoms with van der Waals surface area (Å²) in [4.78, 5) is 11.5. The van der Waals surface area contributed by atoms with Gasteiger partial charge in [-0.1, -0.05) is 43.3 Å². The van der Waals surface area contributed by atoms with Crippen molar-refractivity contribution in [1.29, 1.82) is 0 Å². The maximum Gasteiger partial charge on any atom is 0.277 e. The van der Waals surface area contributed by atoms with Crippen molar-refractivity contribution in [3.05, 3.63) is 41.0 Å². The zero-order valence-corrected chi connectivity index (χ0v) is 16.1. The Bertz CT molecular complexity index is 870. The first kappa shape index (κ1) is 17.3. The third-order valence-electron chi connectivity index (χ3n) is 4.80. The Kier molecular flexibility index (Phi) is 4.84. The zero-order chi connectivity index (χ0) is 18.1. The molecule has 3 heterocycles. The molecule has 0 saturated carbocycles. The van der Waals surface area contributed by atoms with Crippen molar-refractivity contribution in [1.82, 2.24) is 25.3 Å². The number of piperazine rings is 1. The molecule has 1 saturated heterocycles. The summed E-state index contributed by atoms with van der Waals surface area (Å²) in [5.41, 5.74) is 3.18. The Balaban J connectivity index is 1.54. The van der Waals surface area contributed by atoms with Crippen LogP contribution in [0, 0.1) is 0 Å². The van der Waals surface area contributed by atoms with Gasteiger partial charge in [-0.3, -0.25) is 4.90 Å². The molecule has 1 aliphatic rings. The number of nitrogens with zero attached hydrogens (tertiary/aromatic N) is 4. The second-order valence-corrected chi connectivity index (χ2v) is 7.83. The van der Waals surface area contributed by atoms with Crippen LogP contribution < -0.4 is 5.32 Å².